The summed E-state index contributed by atoms with van der Waals surface area (Å²) in [7, 11) is 0. The number of nitrogens with zero attached hydrogens (tertiary/aromatic N) is 3. The SMILES string of the molecule is c1ccc(-c2cccc(-c3cc(-c4ccc(-c5ccc6c(ccc7nc(-c8ccccc8)cc(-c8ccccc8)c76)c5)cc4)nc(-c4ccccc4)n3)c2)cc1. The van der Waals surface area contributed by atoms with Gasteiger partial charge in [-0.15, -0.1) is 0 Å². The number of aromatic nitrogens is 3. The number of hydrogen-bond donors (Lipinski definition) is 0. The molecular weight excluding hydrogens is 679 g/mol. The molecule has 2 aromatic heterocycles. The fourth-order valence-electron chi connectivity index (χ4n) is 7.63. The highest BCUT2D eigenvalue weighted by molar-refractivity contribution is 6.14. The lowest BCUT2D eigenvalue weighted by molar-refractivity contribution is 1.18. The highest BCUT2D eigenvalue weighted by atomic mass is 14.9. The summed E-state index contributed by atoms with van der Waals surface area (Å²) >= 11 is 0. The van der Waals surface area contributed by atoms with Gasteiger partial charge in [-0.25, -0.2) is 15.0 Å². The van der Waals surface area contributed by atoms with Crippen LogP contribution in [0.2, 0.25) is 0 Å². The second-order valence-electron chi connectivity index (χ2n) is 14.0. The molecule has 3 heteroatoms. The zero-order chi connectivity index (χ0) is 37.3. The second-order valence-corrected chi connectivity index (χ2v) is 14.0. The van der Waals surface area contributed by atoms with Gasteiger partial charge >= 0.3 is 0 Å². The summed E-state index contributed by atoms with van der Waals surface area (Å²) in [4.78, 5) is 15.3. The van der Waals surface area contributed by atoms with Crippen LogP contribution in [0.25, 0.3) is 100 Å². The molecular formula is C53H35N3. The minimum Gasteiger partial charge on any atom is -0.248 e. The Morgan fingerprint density at radius 1 is 0.268 bits per heavy atom. The molecule has 8 aromatic carbocycles. The molecule has 0 radical (unpaired) electrons. The zero-order valence-corrected chi connectivity index (χ0v) is 30.5. The van der Waals surface area contributed by atoms with Crippen LogP contribution in [0, 0.1) is 0 Å². The summed E-state index contributed by atoms with van der Waals surface area (Å²) < 4.78 is 0. The highest BCUT2D eigenvalue weighted by Crippen LogP contribution is 2.38. The summed E-state index contributed by atoms with van der Waals surface area (Å²) in [5, 5.41) is 3.53. The first-order chi connectivity index (χ1) is 27.7. The third-order valence-electron chi connectivity index (χ3n) is 10.5. The van der Waals surface area contributed by atoms with E-state index in [2.05, 4.69) is 182 Å². The van der Waals surface area contributed by atoms with Crippen LogP contribution in [0.5, 0.6) is 0 Å². The Labute approximate surface area is 326 Å². The summed E-state index contributed by atoms with van der Waals surface area (Å²) in [5.74, 6) is 0.703. The standard InChI is InChI=1S/C53H35N3/c1-5-14-36(15-6-1)42-22-13-23-45(33-42)51-35-50(55-53(56-51)41-20-11-4-12-21-41)40-26-24-37(25-27-40)43-28-30-46-44(32-43)29-31-48-52(46)47(38-16-7-2-8-17-38)34-49(54-48)39-18-9-3-10-19-39/h1-35H. The number of hydrogen-bond acceptors (Lipinski definition) is 3. The molecule has 2 heterocycles. The molecule has 0 unspecified atom stereocenters. The van der Waals surface area contributed by atoms with Crippen molar-refractivity contribution in [3.8, 4) is 78.5 Å². The number of rotatable bonds is 7. The van der Waals surface area contributed by atoms with Crippen molar-refractivity contribution < 1.29 is 0 Å². The van der Waals surface area contributed by atoms with Crippen LogP contribution in [-0.2, 0) is 0 Å². The molecule has 0 N–H and O–H groups in total. The average molecular weight is 714 g/mol. The van der Waals surface area contributed by atoms with Crippen molar-refractivity contribution >= 4 is 21.7 Å². The maximum absolute atomic E-state index is 5.16. The molecule has 262 valence electrons. The van der Waals surface area contributed by atoms with E-state index in [9.17, 15) is 0 Å². The van der Waals surface area contributed by atoms with Gasteiger partial charge in [0, 0.05) is 27.6 Å². The summed E-state index contributed by atoms with van der Waals surface area (Å²) in [6, 6.07) is 74.5. The first-order valence-electron chi connectivity index (χ1n) is 18.9. The van der Waals surface area contributed by atoms with Gasteiger partial charge in [-0.3, -0.25) is 0 Å². The normalized spacial score (nSPS) is 11.2. The largest absolute Gasteiger partial charge is 0.248 e. The van der Waals surface area contributed by atoms with E-state index < -0.39 is 0 Å². The predicted octanol–water partition coefficient (Wildman–Crippen LogP) is 13.8. The second kappa shape index (κ2) is 14.4. The smallest absolute Gasteiger partial charge is 0.160 e. The number of benzene rings is 8. The van der Waals surface area contributed by atoms with Gasteiger partial charge in [-0.05, 0) is 74.5 Å². The van der Waals surface area contributed by atoms with E-state index in [4.69, 9.17) is 15.0 Å². The van der Waals surface area contributed by atoms with Crippen molar-refractivity contribution in [2.75, 3.05) is 0 Å². The van der Waals surface area contributed by atoms with Crippen molar-refractivity contribution in [2.24, 2.45) is 0 Å². The molecule has 10 rings (SSSR count). The first kappa shape index (κ1) is 33.1. The lowest BCUT2D eigenvalue weighted by Crippen LogP contribution is -1.96. The fourth-order valence-corrected chi connectivity index (χ4v) is 7.63. The van der Waals surface area contributed by atoms with Gasteiger partial charge in [0.05, 0.1) is 22.6 Å². The average Bonchev–Trinajstić information content (AvgIpc) is 3.29. The van der Waals surface area contributed by atoms with E-state index in [1.54, 1.807) is 0 Å². The summed E-state index contributed by atoms with van der Waals surface area (Å²) in [6.45, 7) is 0. The molecule has 0 aliphatic carbocycles. The van der Waals surface area contributed by atoms with E-state index in [0.717, 1.165) is 61.5 Å². The Hall–Kier alpha value is -7.49. The van der Waals surface area contributed by atoms with Crippen molar-refractivity contribution in [3.63, 3.8) is 0 Å². The Morgan fingerprint density at radius 3 is 1.45 bits per heavy atom. The molecule has 0 bridgehead atoms. The Balaban J connectivity index is 1.03. The quantitative estimate of drug-likeness (QED) is 0.154. The Morgan fingerprint density at radius 2 is 0.750 bits per heavy atom. The summed E-state index contributed by atoms with van der Waals surface area (Å²) in [5.41, 5.74) is 14.9. The van der Waals surface area contributed by atoms with Gasteiger partial charge in [0.15, 0.2) is 5.82 Å². The fraction of sp³-hybridized carbons (Fsp3) is 0. The maximum atomic E-state index is 5.16. The van der Waals surface area contributed by atoms with Gasteiger partial charge < -0.3 is 0 Å². The summed E-state index contributed by atoms with van der Waals surface area (Å²) in [6.07, 6.45) is 0. The third-order valence-corrected chi connectivity index (χ3v) is 10.5. The Kier molecular flexibility index (Phi) is 8.51. The first-order valence-corrected chi connectivity index (χ1v) is 18.9. The van der Waals surface area contributed by atoms with E-state index in [-0.39, 0.29) is 0 Å². The van der Waals surface area contributed by atoms with Gasteiger partial charge in [0.2, 0.25) is 0 Å². The van der Waals surface area contributed by atoms with Gasteiger partial charge in [0.25, 0.3) is 0 Å². The van der Waals surface area contributed by atoms with Crippen LogP contribution in [0.1, 0.15) is 0 Å². The van der Waals surface area contributed by atoms with Crippen molar-refractivity contribution in [2.45, 2.75) is 0 Å². The molecule has 3 nitrogen and oxygen atoms in total. The monoisotopic (exact) mass is 713 g/mol. The van der Waals surface area contributed by atoms with Crippen LogP contribution in [0.4, 0.5) is 0 Å². The molecule has 0 fully saturated rings. The highest BCUT2D eigenvalue weighted by Gasteiger charge is 2.15. The van der Waals surface area contributed by atoms with Crippen molar-refractivity contribution in [1.82, 2.24) is 15.0 Å². The molecule has 0 amide bonds. The molecule has 0 aliphatic heterocycles. The maximum Gasteiger partial charge on any atom is 0.160 e. The molecule has 10 aromatic rings. The molecule has 56 heavy (non-hydrogen) atoms. The minimum atomic E-state index is 0.703. The van der Waals surface area contributed by atoms with Crippen LogP contribution in [-0.4, -0.2) is 15.0 Å². The molecule has 0 spiro atoms. The van der Waals surface area contributed by atoms with Gasteiger partial charge in [-0.1, -0.05) is 182 Å². The van der Waals surface area contributed by atoms with Crippen molar-refractivity contribution in [1.29, 1.82) is 0 Å². The van der Waals surface area contributed by atoms with Crippen LogP contribution in [0.15, 0.2) is 212 Å². The Bertz CT molecular complexity index is 2980. The lowest BCUT2D eigenvalue weighted by Gasteiger charge is -2.14. The number of pyridine rings is 1. The van der Waals surface area contributed by atoms with Crippen LogP contribution < -0.4 is 0 Å². The molecule has 0 saturated heterocycles. The third kappa shape index (κ3) is 6.42. The molecule has 0 saturated carbocycles. The predicted molar refractivity (Wildman–Crippen MR) is 233 cm³/mol. The van der Waals surface area contributed by atoms with E-state index in [1.165, 1.54) is 32.8 Å². The van der Waals surface area contributed by atoms with E-state index >= 15 is 0 Å². The van der Waals surface area contributed by atoms with Gasteiger partial charge in [-0.2, -0.15) is 0 Å². The number of fused-ring (bicyclic) bond motifs is 3. The van der Waals surface area contributed by atoms with E-state index in [0.29, 0.717) is 5.82 Å². The zero-order valence-electron chi connectivity index (χ0n) is 30.5. The minimum absolute atomic E-state index is 0.703. The molecule has 0 atom stereocenters. The van der Waals surface area contributed by atoms with Crippen LogP contribution in [0.3, 0.4) is 0 Å². The van der Waals surface area contributed by atoms with Crippen molar-refractivity contribution in [3.05, 3.63) is 212 Å². The molecule has 0 aliphatic rings. The van der Waals surface area contributed by atoms with E-state index in [1.807, 2.05) is 30.3 Å². The van der Waals surface area contributed by atoms with Crippen LogP contribution >= 0.6 is 0 Å². The van der Waals surface area contributed by atoms with Gasteiger partial charge in [0.1, 0.15) is 0 Å². The topological polar surface area (TPSA) is 38.7 Å². The lowest BCUT2D eigenvalue weighted by atomic mass is 9.93.